The van der Waals surface area contributed by atoms with Gasteiger partial charge in [0.25, 0.3) is 5.91 Å². The van der Waals surface area contributed by atoms with Crippen LogP contribution < -0.4 is 0 Å². The molecule has 3 fully saturated rings. The predicted molar refractivity (Wildman–Crippen MR) is 193 cm³/mol. The van der Waals surface area contributed by atoms with Crippen LogP contribution >= 0.6 is 48.0 Å². The minimum atomic E-state index is -0.131. The Morgan fingerprint density at radius 3 is 2.02 bits per heavy atom. The molecule has 0 saturated carbocycles. The lowest BCUT2D eigenvalue weighted by Crippen LogP contribution is -2.54. The fourth-order valence-corrected chi connectivity index (χ4v) is 8.42. The lowest BCUT2D eigenvalue weighted by Gasteiger charge is -2.51. The Labute approximate surface area is 292 Å². The third-order valence-corrected chi connectivity index (χ3v) is 11.2. The average Bonchev–Trinajstić information content (AvgIpc) is 3.07. The first-order chi connectivity index (χ1) is 21.0. The summed E-state index contributed by atoms with van der Waals surface area (Å²) in [7, 11) is 0. The fraction of sp³-hybridized carbons (Fsp3) is 0.486. The van der Waals surface area contributed by atoms with Gasteiger partial charge in [-0.05, 0) is 106 Å². The van der Waals surface area contributed by atoms with Gasteiger partial charge in [-0.2, -0.15) is 0 Å². The lowest BCUT2D eigenvalue weighted by molar-refractivity contribution is 0.00369. The van der Waals surface area contributed by atoms with Crippen molar-refractivity contribution >= 4 is 53.9 Å². The van der Waals surface area contributed by atoms with Crippen LogP contribution in [0.25, 0.3) is 0 Å². The first-order valence-electron chi connectivity index (χ1n) is 16.3. The van der Waals surface area contributed by atoms with Crippen molar-refractivity contribution < 1.29 is 4.79 Å². The molecule has 0 N–H and O–H groups in total. The van der Waals surface area contributed by atoms with Gasteiger partial charge in [0.05, 0.1) is 10.0 Å². The second-order valence-electron chi connectivity index (χ2n) is 13.0. The molecule has 3 aromatic rings. The summed E-state index contributed by atoms with van der Waals surface area (Å²) in [6.07, 6.45) is 10.5. The summed E-state index contributed by atoms with van der Waals surface area (Å²) >= 11 is 12.9. The van der Waals surface area contributed by atoms with Crippen LogP contribution in [0.1, 0.15) is 79.3 Å². The monoisotopic (exact) mass is 689 g/mol. The summed E-state index contributed by atoms with van der Waals surface area (Å²) < 4.78 is 0. The standard InChI is InChI=1S/C37H45Cl2N3O.2ClH/c38-33-17-16-32(28-34(33)39)36(19-11-23-41(29-36)35(43)30-12-4-1-5-13-30)18-10-22-40-26-20-37(21-27-40,31-14-6-2-7-15-31)42-24-8-3-9-25-42;;/h1-2,4-7,12-17,28H,3,8-11,18-27,29H2;2*1H. The van der Waals surface area contributed by atoms with Crippen LogP contribution in [-0.2, 0) is 11.0 Å². The molecule has 3 aliphatic rings. The van der Waals surface area contributed by atoms with Crippen LogP contribution in [-0.4, -0.2) is 66.4 Å². The highest BCUT2D eigenvalue weighted by Crippen LogP contribution is 2.43. The Balaban J connectivity index is 0.00000230. The molecular weight excluding hydrogens is 644 g/mol. The maximum absolute atomic E-state index is 13.5. The van der Waals surface area contributed by atoms with Crippen molar-refractivity contribution in [2.24, 2.45) is 0 Å². The van der Waals surface area contributed by atoms with Crippen molar-refractivity contribution in [3.63, 3.8) is 0 Å². The summed E-state index contributed by atoms with van der Waals surface area (Å²) in [4.78, 5) is 21.1. The molecule has 3 heterocycles. The van der Waals surface area contributed by atoms with E-state index in [1.165, 1.54) is 56.3 Å². The molecule has 45 heavy (non-hydrogen) atoms. The number of benzene rings is 3. The van der Waals surface area contributed by atoms with E-state index in [0.29, 0.717) is 16.6 Å². The molecule has 1 unspecified atom stereocenters. The molecule has 3 aliphatic heterocycles. The van der Waals surface area contributed by atoms with Crippen LogP contribution in [0.4, 0.5) is 0 Å². The molecule has 0 aliphatic carbocycles. The van der Waals surface area contributed by atoms with E-state index in [0.717, 1.165) is 57.4 Å². The van der Waals surface area contributed by atoms with Gasteiger partial charge in [-0.1, -0.05) is 84.2 Å². The van der Waals surface area contributed by atoms with E-state index in [4.69, 9.17) is 23.2 Å². The third-order valence-electron chi connectivity index (χ3n) is 10.5. The number of hydrogen-bond acceptors (Lipinski definition) is 3. The van der Waals surface area contributed by atoms with Gasteiger partial charge in [-0.3, -0.25) is 9.69 Å². The number of likely N-dealkylation sites (tertiary alicyclic amines) is 3. The molecular formula is C37H47Cl4N3O. The maximum Gasteiger partial charge on any atom is 0.253 e. The molecule has 6 rings (SSSR count). The molecule has 0 radical (unpaired) electrons. The number of piperidine rings is 3. The van der Waals surface area contributed by atoms with Crippen LogP contribution in [0.2, 0.25) is 10.0 Å². The summed E-state index contributed by atoms with van der Waals surface area (Å²) in [5.41, 5.74) is 3.51. The van der Waals surface area contributed by atoms with E-state index >= 15 is 0 Å². The molecule has 0 bridgehead atoms. The lowest BCUT2D eigenvalue weighted by atomic mass is 9.70. The number of rotatable bonds is 8. The average molecular weight is 692 g/mol. The first-order valence-corrected chi connectivity index (χ1v) is 17.1. The summed E-state index contributed by atoms with van der Waals surface area (Å²) in [5, 5.41) is 1.17. The van der Waals surface area contributed by atoms with E-state index in [-0.39, 0.29) is 41.7 Å². The van der Waals surface area contributed by atoms with E-state index in [9.17, 15) is 4.79 Å². The highest BCUT2D eigenvalue weighted by Gasteiger charge is 2.42. The van der Waals surface area contributed by atoms with Crippen LogP contribution in [0.5, 0.6) is 0 Å². The molecule has 1 atom stereocenters. The van der Waals surface area contributed by atoms with Gasteiger partial charge in [0.1, 0.15) is 0 Å². The number of hydrogen-bond donors (Lipinski definition) is 0. The van der Waals surface area contributed by atoms with Gasteiger partial charge < -0.3 is 9.80 Å². The zero-order valence-corrected chi connectivity index (χ0v) is 29.3. The van der Waals surface area contributed by atoms with Crippen molar-refractivity contribution in [1.82, 2.24) is 14.7 Å². The van der Waals surface area contributed by atoms with E-state index in [1.54, 1.807) is 0 Å². The maximum atomic E-state index is 13.5. The summed E-state index contributed by atoms with van der Waals surface area (Å²) in [6.45, 7) is 7.29. The zero-order chi connectivity index (χ0) is 29.7. The second-order valence-corrected chi connectivity index (χ2v) is 13.8. The molecule has 0 spiro atoms. The molecule has 1 amide bonds. The minimum absolute atomic E-state index is 0. The molecule has 4 nitrogen and oxygen atoms in total. The minimum Gasteiger partial charge on any atom is -0.338 e. The van der Waals surface area contributed by atoms with E-state index in [1.807, 2.05) is 42.5 Å². The van der Waals surface area contributed by atoms with Crippen LogP contribution in [0.3, 0.4) is 0 Å². The van der Waals surface area contributed by atoms with Gasteiger partial charge in [0.15, 0.2) is 0 Å². The highest BCUT2D eigenvalue weighted by atomic mass is 35.5. The van der Waals surface area contributed by atoms with Crippen LogP contribution in [0, 0.1) is 0 Å². The first kappa shape index (κ1) is 36.1. The summed E-state index contributed by atoms with van der Waals surface area (Å²) in [6, 6.07) is 27.1. The van der Waals surface area contributed by atoms with E-state index in [2.05, 4.69) is 51.1 Å². The van der Waals surface area contributed by atoms with Crippen molar-refractivity contribution in [2.75, 3.05) is 45.8 Å². The Bertz CT molecular complexity index is 1360. The van der Waals surface area contributed by atoms with Crippen molar-refractivity contribution in [3.8, 4) is 0 Å². The van der Waals surface area contributed by atoms with Crippen LogP contribution in [0.15, 0.2) is 78.9 Å². The number of carbonyl (C=O) groups is 1. The van der Waals surface area contributed by atoms with Gasteiger partial charge in [-0.25, -0.2) is 0 Å². The SMILES string of the molecule is Cl.Cl.O=C(c1ccccc1)N1CCCC(CCCN2CCC(c3ccccc3)(N3CCCCC3)CC2)(c2ccc(Cl)c(Cl)c2)C1. The fourth-order valence-electron chi connectivity index (χ4n) is 8.12. The number of amides is 1. The molecule has 3 aromatic carbocycles. The molecule has 8 heteroatoms. The largest absolute Gasteiger partial charge is 0.338 e. The Hall–Kier alpha value is -1.79. The topological polar surface area (TPSA) is 26.8 Å². The normalized spacial score (nSPS) is 22.2. The van der Waals surface area contributed by atoms with Crippen molar-refractivity contribution in [3.05, 3.63) is 106 Å². The van der Waals surface area contributed by atoms with Gasteiger partial charge in [0.2, 0.25) is 0 Å². The highest BCUT2D eigenvalue weighted by molar-refractivity contribution is 6.42. The molecule has 3 saturated heterocycles. The molecule has 244 valence electrons. The summed E-state index contributed by atoms with van der Waals surface area (Å²) in [5.74, 6) is 0.121. The Morgan fingerprint density at radius 1 is 0.689 bits per heavy atom. The third kappa shape index (κ3) is 8.03. The van der Waals surface area contributed by atoms with Gasteiger partial charge in [-0.15, -0.1) is 24.8 Å². The number of halogens is 4. The van der Waals surface area contributed by atoms with Gasteiger partial charge in [0, 0.05) is 42.7 Å². The number of nitrogens with zero attached hydrogens (tertiary/aromatic N) is 3. The van der Waals surface area contributed by atoms with E-state index < -0.39 is 0 Å². The molecule has 0 aromatic heterocycles. The quantitative estimate of drug-likeness (QED) is 0.236. The number of carbonyl (C=O) groups excluding carboxylic acids is 1. The van der Waals surface area contributed by atoms with Gasteiger partial charge >= 0.3 is 0 Å². The predicted octanol–water partition coefficient (Wildman–Crippen LogP) is 9.27. The zero-order valence-electron chi connectivity index (χ0n) is 26.1. The smallest absolute Gasteiger partial charge is 0.253 e. The van der Waals surface area contributed by atoms with Crippen molar-refractivity contribution in [2.45, 2.75) is 68.7 Å². The Kier molecular flexibility index (Phi) is 13.1. The second kappa shape index (κ2) is 16.4. The Morgan fingerprint density at radius 2 is 1.36 bits per heavy atom. The van der Waals surface area contributed by atoms with Crippen molar-refractivity contribution in [1.29, 1.82) is 0 Å².